The van der Waals surface area contributed by atoms with E-state index in [1.165, 1.54) is 24.4 Å². The van der Waals surface area contributed by atoms with Crippen LogP contribution >= 0.6 is 0 Å². The molecule has 0 spiro atoms. The Bertz CT molecular complexity index is 1180. The highest BCUT2D eigenvalue weighted by Crippen LogP contribution is 2.26. The summed E-state index contributed by atoms with van der Waals surface area (Å²) < 4.78 is 54.5. The number of imidazole rings is 1. The summed E-state index contributed by atoms with van der Waals surface area (Å²) in [5.41, 5.74) is 0.511. The second-order valence-corrected chi connectivity index (χ2v) is 13.2. The molecule has 4 rings (SSSR count). The third-order valence-corrected chi connectivity index (χ3v) is 8.30. The zero-order chi connectivity index (χ0) is 26.6. The van der Waals surface area contributed by atoms with E-state index in [1.807, 2.05) is 20.8 Å². The number of ether oxygens (including phenoxy) is 2. The number of nitrogens with zero attached hydrogens (tertiary/aromatic N) is 3. The molecule has 0 saturated carbocycles. The second kappa shape index (κ2) is 11.6. The first-order valence-corrected chi connectivity index (χ1v) is 14.7. The molecule has 2 atom stereocenters. The van der Waals surface area contributed by atoms with Gasteiger partial charge in [-0.05, 0) is 37.2 Å². The summed E-state index contributed by atoms with van der Waals surface area (Å²) in [5.74, 6) is -1.08. The van der Waals surface area contributed by atoms with Crippen LogP contribution in [0, 0.1) is 11.2 Å². The van der Waals surface area contributed by atoms with Crippen LogP contribution in [0.25, 0.3) is 0 Å². The Kier molecular flexibility index (Phi) is 8.70. The van der Waals surface area contributed by atoms with E-state index in [0.29, 0.717) is 38.4 Å². The molecule has 0 unspecified atom stereocenters. The summed E-state index contributed by atoms with van der Waals surface area (Å²) in [6.07, 6.45) is 5.26. The molecule has 1 aromatic heterocycles. The van der Waals surface area contributed by atoms with Crippen LogP contribution in [0.15, 0.2) is 35.6 Å². The van der Waals surface area contributed by atoms with E-state index >= 15 is 0 Å². The fourth-order valence-corrected chi connectivity index (χ4v) is 6.40. The number of sulfone groups is 1. The van der Waals surface area contributed by atoms with Crippen molar-refractivity contribution in [2.24, 2.45) is 5.41 Å². The summed E-state index contributed by atoms with van der Waals surface area (Å²) in [7, 11) is -3.97. The number of aromatic nitrogens is 2. The molecule has 1 aromatic carbocycles. The van der Waals surface area contributed by atoms with Crippen molar-refractivity contribution in [3.8, 4) is 0 Å². The van der Waals surface area contributed by atoms with Crippen LogP contribution in [-0.4, -0.2) is 60.7 Å². The number of halogens is 1. The molecule has 0 radical (unpaired) electrons. The number of carbonyl (C=O) groups excluding carboxylic acids is 1. The summed E-state index contributed by atoms with van der Waals surface area (Å²) in [4.78, 5) is 19.4. The molecule has 0 aliphatic carbocycles. The molecule has 204 valence electrons. The average molecular weight is 536 g/mol. The van der Waals surface area contributed by atoms with Crippen LogP contribution < -0.4 is 0 Å². The van der Waals surface area contributed by atoms with Gasteiger partial charge in [0.25, 0.3) is 0 Å². The highest BCUT2D eigenvalue weighted by atomic mass is 32.2. The van der Waals surface area contributed by atoms with Gasteiger partial charge in [0.2, 0.25) is 20.9 Å². The standard InChI is InChI=1S/C27H38FN3O5S/c1-27(2,3)14-25(32)30(17-22-9-6-12-35-22)16-21-15-29-26(31(21)18-23-10-7-13-36-23)37(33,34)19-20-8-4-5-11-24(20)28/h4-5,8,11,15,22-23H,6-7,9-10,12-14,16-19H2,1-3H3/t22-,23+/m1/s1. The van der Waals surface area contributed by atoms with Crippen molar-refractivity contribution in [2.75, 3.05) is 19.8 Å². The molecule has 10 heteroatoms. The lowest BCUT2D eigenvalue weighted by molar-refractivity contribution is -0.135. The molecule has 1 amide bonds. The number of hydrogen-bond acceptors (Lipinski definition) is 6. The van der Waals surface area contributed by atoms with Crippen molar-refractivity contribution in [1.29, 1.82) is 0 Å². The zero-order valence-corrected chi connectivity index (χ0v) is 22.8. The average Bonchev–Trinajstić information content (AvgIpc) is 3.57. The topological polar surface area (TPSA) is 90.7 Å². The molecule has 0 bridgehead atoms. The Morgan fingerprint density at radius 1 is 1.14 bits per heavy atom. The van der Waals surface area contributed by atoms with Crippen molar-refractivity contribution >= 4 is 15.7 Å². The number of hydrogen-bond donors (Lipinski definition) is 0. The lowest BCUT2D eigenvalue weighted by Crippen LogP contribution is -2.39. The largest absolute Gasteiger partial charge is 0.376 e. The van der Waals surface area contributed by atoms with E-state index in [4.69, 9.17) is 9.47 Å². The monoisotopic (exact) mass is 535 g/mol. The first-order valence-electron chi connectivity index (χ1n) is 13.0. The van der Waals surface area contributed by atoms with Gasteiger partial charge < -0.3 is 18.9 Å². The fourth-order valence-electron chi connectivity index (χ4n) is 4.89. The number of benzene rings is 1. The normalized spacial score (nSPS) is 20.4. The van der Waals surface area contributed by atoms with Crippen LogP contribution in [-0.2, 0) is 42.9 Å². The Balaban J connectivity index is 1.65. The first kappa shape index (κ1) is 27.7. The van der Waals surface area contributed by atoms with Gasteiger partial charge in [-0.15, -0.1) is 0 Å². The SMILES string of the molecule is CC(C)(C)CC(=O)N(Cc1cnc(S(=O)(=O)Cc2ccccc2F)n1C[C@@H]1CCCO1)C[C@H]1CCCO1. The van der Waals surface area contributed by atoms with Gasteiger partial charge in [0, 0.05) is 31.7 Å². The Morgan fingerprint density at radius 2 is 1.81 bits per heavy atom. The maximum absolute atomic E-state index is 14.3. The van der Waals surface area contributed by atoms with E-state index in [0.717, 1.165) is 25.7 Å². The molecule has 0 N–H and O–H groups in total. The van der Waals surface area contributed by atoms with Gasteiger partial charge in [0.15, 0.2) is 0 Å². The molecule has 2 saturated heterocycles. The van der Waals surface area contributed by atoms with Gasteiger partial charge in [-0.1, -0.05) is 39.0 Å². The summed E-state index contributed by atoms with van der Waals surface area (Å²) in [6, 6.07) is 5.86. The molecule has 8 nitrogen and oxygen atoms in total. The fraction of sp³-hybridized carbons (Fsp3) is 0.630. The van der Waals surface area contributed by atoms with Crippen LogP contribution in [0.5, 0.6) is 0 Å². The van der Waals surface area contributed by atoms with Gasteiger partial charge >= 0.3 is 0 Å². The minimum atomic E-state index is -3.97. The van der Waals surface area contributed by atoms with Gasteiger partial charge in [-0.2, -0.15) is 0 Å². The number of amides is 1. The number of carbonyl (C=O) groups is 1. The van der Waals surface area contributed by atoms with Gasteiger partial charge in [-0.25, -0.2) is 17.8 Å². The van der Waals surface area contributed by atoms with Crippen LogP contribution in [0.4, 0.5) is 4.39 Å². The third kappa shape index (κ3) is 7.39. The molecule has 2 fully saturated rings. The van der Waals surface area contributed by atoms with Crippen LogP contribution in [0.2, 0.25) is 0 Å². The zero-order valence-electron chi connectivity index (χ0n) is 22.0. The molecule has 2 aliphatic heterocycles. The van der Waals surface area contributed by atoms with Crippen molar-refractivity contribution in [2.45, 2.75) is 89.1 Å². The first-order chi connectivity index (χ1) is 17.5. The van der Waals surface area contributed by atoms with E-state index in [1.54, 1.807) is 15.5 Å². The maximum atomic E-state index is 14.3. The van der Waals surface area contributed by atoms with E-state index in [2.05, 4.69) is 4.98 Å². The lowest BCUT2D eigenvalue weighted by atomic mass is 9.91. The summed E-state index contributed by atoms with van der Waals surface area (Å²) in [5, 5.41) is -0.124. The molecule has 3 heterocycles. The molecular formula is C27H38FN3O5S. The highest BCUT2D eigenvalue weighted by molar-refractivity contribution is 7.90. The minimum Gasteiger partial charge on any atom is -0.376 e. The van der Waals surface area contributed by atoms with E-state index in [9.17, 15) is 17.6 Å². The van der Waals surface area contributed by atoms with Gasteiger partial charge in [-0.3, -0.25) is 4.79 Å². The summed E-state index contributed by atoms with van der Waals surface area (Å²) in [6.45, 7) is 8.32. The molecule has 37 heavy (non-hydrogen) atoms. The summed E-state index contributed by atoms with van der Waals surface area (Å²) >= 11 is 0. The third-order valence-electron chi connectivity index (χ3n) is 6.73. The van der Waals surface area contributed by atoms with Crippen molar-refractivity contribution in [3.63, 3.8) is 0 Å². The Hall–Kier alpha value is -2.30. The van der Waals surface area contributed by atoms with Crippen molar-refractivity contribution in [1.82, 2.24) is 14.5 Å². The Labute approximate surface area is 219 Å². The second-order valence-electron chi connectivity index (χ2n) is 11.3. The predicted octanol–water partition coefficient (Wildman–Crippen LogP) is 4.12. The van der Waals surface area contributed by atoms with Gasteiger partial charge in [0.05, 0.1) is 42.9 Å². The van der Waals surface area contributed by atoms with E-state index in [-0.39, 0.29) is 40.8 Å². The van der Waals surface area contributed by atoms with Crippen molar-refractivity contribution in [3.05, 3.63) is 47.5 Å². The van der Waals surface area contributed by atoms with Crippen LogP contribution in [0.1, 0.15) is 64.1 Å². The van der Waals surface area contributed by atoms with Crippen molar-refractivity contribution < 1.29 is 27.1 Å². The quantitative estimate of drug-likeness (QED) is 0.455. The molecule has 2 aliphatic rings. The smallest absolute Gasteiger partial charge is 0.228 e. The number of rotatable bonds is 10. The predicted molar refractivity (Wildman–Crippen MR) is 137 cm³/mol. The highest BCUT2D eigenvalue weighted by Gasteiger charge is 2.31. The lowest BCUT2D eigenvalue weighted by Gasteiger charge is -2.29. The van der Waals surface area contributed by atoms with Gasteiger partial charge in [0.1, 0.15) is 5.82 Å². The Morgan fingerprint density at radius 3 is 2.43 bits per heavy atom. The molecule has 2 aromatic rings. The van der Waals surface area contributed by atoms with Crippen LogP contribution in [0.3, 0.4) is 0 Å². The molecular weight excluding hydrogens is 497 g/mol. The maximum Gasteiger partial charge on any atom is 0.228 e. The minimum absolute atomic E-state index is 0.0105. The van der Waals surface area contributed by atoms with E-state index < -0.39 is 21.4 Å².